The number of rotatable bonds is 3. The summed E-state index contributed by atoms with van der Waals surface area (Å²) in [7, 11) is 0. The number of ether oxygens (including phenoxy) is 1. The van der Waals surface area contributed by atoms with Gasteiger partial charge in [0.15, 0.2) is 5.65 Å². The van der Waals surface area contributed by atoms with Gasteiger partial charge in [-0.1, -0.05) is 24.3 Å². The zero-order chi connectivity index (χ0) is 16.5. The molecule has 1 aliphatic rings. The van der Waals surface area contributed by atoms with Crippen molar-refractivity contribution in [3.05, 3.63) is 47.9 Å². The van der Waals surface area contributed by atoms with Crippen LogP contribution in [-0.4, -0.2) is 46.2 Å². The lowest BCUT2D eigenvalue weighted by Gasteiger charge is -2.32. The molecule has 0 bridgehead atoms. The van der Waals surface area contributed by atoms with Crippen molar-refractivity contribution in [3.63, 3.8) is 0 Å². The molecule has 124 valence electrons. The first kappa shape index (κ1) is 15.3. The molecule has 1 aromatic carbocycles. The van der Waals surface area contributed by atoms with Crippen LogP contribution in [0, 0.1) is 6.92 Å². The molecule has 24 heavy (non-hydrogen) atoms. The predicted molar refractivity (Wildman–Crippen MR) is 94.9 cm³/mol. The van der Waals surface area contributed by atoms with Gasteiger partial charge in [0, 0.05) is 30.4 Å². The Kier molecular flexibility index (Phi) is 4.04. The lowest BCUT2D eigenvalue weighted by atomic mass is 9.99. The molecular weight excluding hydrogens is 300 g/mol. The van der Waals surface area contributed by atoms with Crippen LogP contribution in [0.15, 0.2) is 36.7 Å². The van der Waals surface area contributed by atoms with Crippen molar-refractivity contribution in [1.82, 2.24) is 19.9 Å². The molecule has 1 aliphatic heterocycles. The highest BCUT2D eigenvalue weighted by molar-refractivity contribution is 5.79. The number of hydrogen-bond acceptors (Lipinski definition) is 4. The highest BCUT2D eigenvalue weighted by Gasteiger charge is 2.18. The molecular formula is C19H22N4O. The number of benzene rings is 1. The van der Waals surface area contributed by atoms with E-state index >= 15 is 0 Å². The van der Waals surface area contributed by atoms with Crippen molar-refractivity contribution >= 4 is 11.2 Å². The molecule has 0 aliphatic carbocycles. The van der Waals surface area contributed by atoms with E-state index in [0.717, 1.165) is 48.7 Å². The normalized spacial score (nSPS) is 17.2. The molecule has 0 saturated carbocycles. The van der Waals surface area contributed by atoms with Gasteiger partial charge in [-0.05, 0) is 31.0 Å². The minimum Gasteiger partial charge on any atom is -0.379 e. The van der Waals surface area contributed by atoms with E-state index in [-0.39, 0.29) is 0 Å². The molecule has 1 N–H and O–H groups in total. The van der Waals surface area contributed by atoms with Crippen LogP contribution in [0.4, 0.5) is 0 Å². The fraction of sp³-hybridized carbons (Fsp3) is 0.368. The molecule has 4 rings (SSSR count). The Morgan fingerprint density at radius 1 is 1.17 bits per heavy atom. The standard InChI is InChI=1S/C19H22N4O/c1-13-17(11-18-19(22-13)21-12-20-18)16-5-3-15(4-6-16)14(2)23-7-9-24-10-8-23/h3-6,11-12,14H,7-10H2,1-2H3,(H,20,21,22)/t14-/m1/s1. The molecule has 1 atom stereocenters. The van der Waals surface area contributed by atoms with Gasteiger partial charge in [-0.2, -0.15) is 0 Å². The Morgan fingerprint density at radius 2 is 1.92 bits per heavy atom. The van der Waals surface area contributed by atoms with Crippen LogP contribution >= 0.6 is 0 Å². The fourth-order valence-electron chi connectivity index (χ4n) is 3.37. The third-order valence-electron chi connectivity index (χ3n) is 4.90. The maximum absolute atomic E-state index is 5.45. The fourth-order valence-corrected chi connectivity index (χ4v) is 3.37. The highest BCUT2D eigenvalue weighted by atomic mass is 16.5. The van der Waals surface area contributed by atoms with E-state index in [1.807, 2.05) is 6.92 Å². The Hall–Kier alpha value is -2.24. The number of aromatic nitrogens is 3. The predicted octanol–water partition coefficient (Wildman–Crippen LogP) is 3.33. The molecule has 0 unspecified atom stereocenters. The van der Waals surface area contributed by atoms with Crippen molar-refractivity contribution in [1.29, 1.82) is 0 Å². The zero-order valence-corrected chi connectivity index (χ0v) is 14.1. The van der Waals surface area contributed by atoms with Crippen molar-refractivity contribution in [2.45, 2.75) is 19.9 Å². The molecule has 3 heterocycles. The third kappa shape index (κ3) is 2.81. The second-order valence-corrected chi connectivity index (χ2v) is 6.34. The van der Waals surface area contributed by atoms with Gasteiger partial charge in [-0.25, -0.2) is 9.97 Å². The Bertz CT molecular complexity index is 834. The number of nitrogens with one attached hydrogen (secondary N) is 1. The van der Waals surface area contributed by atoms with Gasteiger partial charge in [0.05, 0.1) is 25.1 Å². The molecule has 5 nitrogen and oxygen atoms in total. The number of imidazole rings is 1. The van der Waals surface area contributed by atoms with E-state index in [1.165, 1.54) is 11.1 Å². The third-order valence-corrected chi connectivity index (χ3v) is 4.90. The largest absolute Gasteiger partial charge is 0.379 e. The summed E-state index contributed by atoms with van der Waals surface area (Å²) in [6.45, 7) is 7.97. The number of hydrogen-bond donors (Lipinski definition) is 1. The lowest BCUT2D eigenvalue weighted by molar-refractivity contribution is 0.0198. The van der Waals surface area contributed by atoms with Gasteiger partial charge in [0.1, 0.15) is 0 Å². The topological polar surface area (TPSA) is 54.0 Å². The van der Waals surface area contributed by atoms with Gasteiger partial charge in [-0.3, -0.25) is 4.90 Å². The van der Waals surface area contributed by atoms with Crippen LogP contribution in [0.3, 0.4) is 0 Å². The maximum Gasteiger partial charge on any atom is 0.177 e. The molecule has 1 saturated heterocycles. The van der Waals surface area contributed by atoms with Crippen LogP contribution < -0.4 is 0 Å². The van der Waals surface area contributed by atoms with Crippen molar-refractivity contribution in [2.75, 3.05) is 26.3 Å². The summed E-state index contributed by atoms with van der Waals surface area (Å²) in [5, 5.41) is 0. The summed E-state index contributed by atoms with van der Waals surface area (Å²) in [5.41, 5.74) is 6.43. The van der Waals surface area contributed by atoms with E-state index in [2.05, 4.69) is 57.1 Å². The molecule has 2 aromatic heterocycles. The number of pyridine rings is 1. The van der Waals surface area contributed by atoms with E-state index in [9.17, 15) is 0 Å². The molecule has 3 aromatic rings. The zero-order valence-electron chi connectivity index (χ0n) is 14.1. The van der Waals surface area contributed by atoms with Crippen molar-refractivity contribution < 1.29 is 4.74 Å². The summed E-state index contributed by atoms with van der Waals surface area (Å²) < 4.78 is 5.45. The Labute approximate surface area is 141 Å². The Balaban J connectivity index is 1.61. The second-order valence-electron chi connectivity index (χ2n) is 6.34. The van der Waals surface area contributed by atoms with Crippen LogP contribution in [0.2, 0.25) is 0 Å². The SMILES string of the molecule is Cc1nc2nc[nH]c2cc1-c1ccc([C@@H](C)N2CCOCC2)cc1. The number of aromatic amines is 1. The Morgan fingerprint density at radius 3 is 2.67 bits per heavy atom. The van der Waals surface area contributed by atoms with E-state index < -0.39 is 0 Å². The van der Waals surface area contributed by atoms with Crippen LogP contribution in [-0.2, 0) is 4.74 Å². The van der Waals surface area contributed by atoms with E-state index in [0.29, 0.717) is 6.04 Å². The number of morpholine rings is 1. The highest BCUT2D eigenvalue weighted by Crippen LogP contribution is 2.28. The lowest BCUT2D eigenvalue weighted by Crippen LogP contribution is -2.37. The summed E-state index contributed by atoms with van der Waals surface area (Å²) in [6.07, 6.45) is 1.69. The van der Waals surface area contributed by atoms with Crippen molar-refractivity contribution in [2.24, 2.45) is 0 Å². The quantitative estimate of drug-likeness (QED) is 0.803. The van der Waals surface area contributed by atoms with Crippen molar-refractivity contribution in [3.8, 4) is 11.1 Å². The van der Waals surface area contributed by atoms with E-state index in [1.54, 1.807) is 6.33 Å². The monoisotopic (exact) mass is 322 g/mol. The number of fused-ring (bicyclic) bond motifs is 1. The summed E-state index contributed by atoms with van der Waals surface area (Å²) in [6, 6.07) is 11.4. The van der Waals surface area contributed by atoms with Gasteiger partial charge < -0.3 is 9.72 Å². The minimum absolute atomic E-state index is 0.414. The average Bonchev–Trinajstić information content (AvgIpc) is 3.08. The minimum atomic E-state index is 0.414. The van der Waals surface area contributed by atoms with Crippen LogP contribution in [0.25, 0.3) is 22.3 Å². The molecule has 0 spiro atoms. The number of H-pyrrole nitrogens is 1. The molecule has 1 fully saturated rings. The molecule has 5 heteroatoms. The second kappa shape index (κ2) is 6.34. The molecule has 0 radical (unpaired) electrons. The van der Waals surface area contributed by atoms with Gasteiger partial charge in [-0.15, -0.1) is 0 Å². The van der Waals surface area contributed by atoms with Gasteiger partial charge in [0.25, 0.3) is 0 Å². The number of aryl methyl sites for hydroxylation is 1. The number of nitrogens with zero attached hydrogens (tertiary/aromatic N) is 3. The summed E-state index contributed by atoms with van der Waals surface area (Å²) in [5.74, 6) is 0. The van der Waals surface area contributed by atoms with Gasteiger partial charge >= 0.3 is 0 Å². The van der Waals surface area contributed by atoms with Crippen LogP contribution in [0.5, 0.6) is 0 Å². The average molecular weight is 322 g/mol. The summed E-state index contributed by atoms with van der Waals surface area (Å²) >= 11 is 0. The first-order chi connectivity index (χ1) is 11.7. The first-order valence-corrected chi connectivity index (χ1v) is 8.45. The van der Waals surface area contributed by atoms with E-state index in [4.69, 9.17) is 4.74 Å². The van der Waals surface area contributed by atoms with Gasteiger partial charge in [0.2, 0.25) is 0 Å². The summed E-state index contributed by atoms with van der Waals surface area (Å²) in [4.78, 5) is 14.4. The smallest absolute Gasteiger partial charge is 0.177 e. The maximum atomic E-state index is 5.45. The molecule has 0 amide bonds. The van der Waals surface area contributed by atoms with Crippen LogP contribution in [0.1, 0.15) is 24.2 Å². The first-order valence-electron chi connectivity index (χ1n) is 8.45.